The third-order valence-corrected chi connectivity index (χ3v) is 2.73. The van der Waals surface area contributed by atoms with Crippen molar-refractivity contribution >= 4 is 11.8 Å². The van der Waals surface area contributed by atoms with Crippen molar-refractivity contribution in [3.8, 4) is 0 Å². The summed E-state index contributed by atoms with van der Waals surface area (Å²) in [7, 11) is 0. The van der Waals surface area contributed by atoms with E-state index in [9.17, 15) is 5.11 Å². The van der Waals surface area contributed by atoms with Gasteiger partial charge in [-0.1, -0.05) is 6.92 Å². The molecule has 1 heterocycles. The maximum Gasteiger partial charge on any atom is 0.118 e. The first kappa shape index (κ1) is 12.6. The Morgan fingerprint density at radius 1 is 1.47 bits per heavy atom. The highest BCUT2D eigenvalue weighted by Crippen LogP contribution is 2.13. The molecule has 1 aromatic heterocycles. The summed E-state index contributed by atoms with van der Waals surface area (Å²) in [5, 5.41) is 12.5. The van der Waals surface area contributed by atoms with Crippen molar-refractivity contribution in [2.24, 2.45) is 0 Å². The molecule has 0 radical (unpaired) electrons. The van der Waals surface area contributed by atoms with E-state index in [4.69, 9.17) is 4.42 Å². The van der Waals surface area contributed by atoms with Crippen molar-refractivity contribution in [3.05, 3.63) is 23.7 Å². The Labute approximate surface area is 95.2 Å². The van der Waals surface area contributed by atoms with Crippen molar-refractivity contribution < 1.29 is 9.52 Å². The minimum absolute atomic E-state index is 0.259. The smallest absolute Gasteiger partial charge is 0.118 e. The van der Waals surface area contributed by atoms with Gasteiger partial charge >= 0.3 is 0 Å². The zero-order valence-corrected chi connectivity index (χ0v) is 10.1. The van der Waals surface area contributed by atoms with Gasteiger partial charge in [-0.3, -0.25) is 0 Å². The van der Waals surface area contributed by atoms with Gasteiger partial charge in [-0.25, -0.2) is 0 Å². The first-order chi connectivity index (χ1) is 7.26. The Morgan fingerprint density at radius 3 is 2.87 bits per heavy atom. The summed E-state index contributed by atoms with van der Waals surface area (Å²) in [6, 6.07) is 3.99. The second-order valence-corrected chi connectivity index (χ2v) is 4.36. The van der Waals surface area contributed by atoms with E-state index >= 15 is 0 Å². The van der Waals surface area contributed by atoms with Crippen LogP contribution < -0.4 is 5.32 Å². The van der Waals surface area contributed by atoms with E-state index in [1.807, 2.05) is 19.1 Å². The quantitative estimate of drug-likeness (QED) is 0.750. The molecule has 15 heavy (non-hydrogen) atoms. The molecule has 3 nitrogen and oxygen atoms in total. The standard InChI is InChI=1S/C11H19NO2S/c1-3-9(13)6-12-7-10-4-5-11(14-10)8-15-2/h4-5,9,12-13H,3,6-8H2,1-2H3. The molecule has 2 N–H and O–H groups in total. The summed E-state index contributed by atoms with van der Waals surface area (Å²) < 4.78 is 5.57. The molecular weight excluding hydrogens is 210 g/mol. The molecule has 0 saturated carbocycles. The number of furan rings is 1. The monoisotopic (exact) mass is 229 g/mol. The fourth-order valence-corrected chi connectivity index (χ4v) is 1.68. The van der Waals surface area contributed by atoms with Crippen LogP contribution in [0.4, 0.5) is 0 Å². The summed E-state index contributed by atoms with van der Waals surface area (Å²) in [5.41, 5.74) is 0. The van der Waals surface area contributed by atoms with Gasteiger partial charge in [0.15, 0.2) is 0 Å². The highest BCUT2D eigenvalue weighted by atomic mass is 32.2. The number of hydrogen-bond donors (Lipinski definition) is 2. The van der Waals surface area contributed by atoms with Gasteiger partial charge in [0.25, 0.3) is 0 Å². The normalized spacial score (nSPS) is 13.0. The Hall–Kier alpha value is -0.450. The van der Waals surface area contributed by atoms with Crippen molar-refractivity contribution in [2.45, 2.75) is 31.7 Å². The Bertz CT molecular complexity index is 275. The Balaban J connectivity index is 2.25. The van der Waals surface area contributed by atoms with Crippen LogP contribution >= 0.6 is 11.8 Å². The number of hydrogen-bond acceptors (Lipinski definition) is 4. The van der Waals surface area contributed by atoms with E-state index in [1.165, 1.54) is 0 Å². The van der Waals surface area contributed by atoms with Gasteiger partial charge in [-0.15, -0.1) is 0 Å². The molecule has 1 rings (SSSR count). The molecule has 1 aromatic rings. The van der Waals surface area contributed by atoms with E-state index in [1.54, 1.807) is 11.8 Å². The minimum Gasteiger partial charge on any atom is -0.464 e. The van der Waals surface area contributed by atoms with E-state index < -0.39 is 0 Å². The Kier molecular flexibility index (Phi) is 5.83. The third kappa shape index (κ3) is 4.73. The van der Waals surface area contributed by atoms with Crippen molar-refractivity contribution in [2.75, 3.05) is 12.8 Å². The van der Waals surface area contributed by atoms with Crippen LogP contribution in [0, 0.1) is 0 Å². The fourth-order valence-electron chi connectivity index (χ4n) is 1.24. The lowest BCUT2D eigenvalue weighted by atomic mass is 10.3. The summed E-state index contributed by atoms with van der Waals surface area (Å²) in [4.78, 5) is 0. The minimum atomic E-state index is -0.259. The van der Waals surface area contributed by atoms with E-state index in [0.717, 1.165) is 23.7 Å². The zero-order valence-electron chi connectivity index (χ0n) is 9.32. The molecule has 1 atom stereocenters. The molecule has 4 heteroatoms. The lowest BCUT2D eigenvalue weighted by Gasteiger charge is -2.07. The van der Waals surface area contributed by atoms with Crippen molar-refractivity contribution in [1.29, 1.82) is 0 Å². The number of thioether (sulfide) groups is 1. The van der Waals surface area contributed by atoms with Crippen molar-refractivity contribution in [3.63, 3.8) is 0 Å². The lowest BCUT2D eigenvalue weighted by molar-refractivity contribution is 0.166. The van der Waals surface area contributed by atoms with E-state index in [-0.39, 0.29) is 6.10 Å². The molecule has 0 aliphatic heterocycles. The van der Waals surface area contributed by atoms with E-state index in [0.29, 0.717) is 13.1 Å². The molecule has 0 bridgehead atoms. The largest absolute Gasteiger partial charge is 0.464 e. The third-order valence-electron chi connectivity index (χ3n) is 2.15. The highest BCUT2D eigenvalue weighted by Gasteiger charge is 2.03. The molecule has 86 valence electrons. The molecule has 0 saturated heterocycles. The molecule has 0 fully saturated rings. The topological polar surface area (TPSA) is 45.4 Å². The molecule has 0 spiro atoms. The summed E-state index contributed by atoms with van der Waals surface area (Å²) >= 11 is 1.75. The molecule has 0 aliphatic rings. The molecule has 0 amide bonds. The van der Waals surface area contributed by atoms with Crippen LogP contribution in [0.1, 0.15) is 24.9 Å². The molecule has 0 aliphatic carbocycles. The van der Waals surface area contributed by atoms with Gasteiger partial charge in [0.1, 0.15) is 11.5 Å². The van der Waals surface area contributed by atoms with Gasteiger partial charge in [0.2, 0.25) is 0 Å². The fraction of sp³-hybridized carbons (Fsp3) is 0.636. The van der Waals surface area contributed by atoms with Crippen LogP contribution in [0.3, 0.4) is 0 Å². The SMILES string of the molecule is CCC(O)CNCc1ccc(CSC)o1. The van der Waals surface area contributed by atoms with Crippen LogP contribution in [0.15, 0.2) is 16.5 Å². The van der Waals surface area contributed by atoms with Crippen LogP contribution in [-0.4, -0.2) is 24.0 Å². The highest BCUT2D eigenvalue weighted by molar-refractivity contribution is 7.97. The van der Waals surface area contributed by atoms with Gasteiger partial charge < -0.3 is 14.8 Å². The number of nitrogens with one attached hydrogen (secondary N) is 1. The second kappa shape index (κ2) is 6.93. The Morgan fingerprint density at radius 2 is 2.20 bits per heavy atom. The predicted molar refractivity (Wildman–Crippen MR) is 63.9 cm³/mol. The van der Waals surface area contributed by atoms with Gasteiger partial charge in [-0.05, 0) is 24.8 Å². The van der Waals surface area contributed by atoms with Gasteiger partial charge in [-0.2, -0.15) is 11.8 Å². The maximum absolute atomic E-state index is 9.33. The van der Waals surface area contributed by atoms with E-state index in [2.05, 4.69) is 11.6 Å². The number of aliphatic hydroxyl groups excluding tert-OH is 1. The zero-order chi connectivity index (χ0) is 11.1. The second-order valence-electron chi connectivity index (χ2n) is 3.49. The van der Waals surface area contributed by atoms with Gasteiger partial charge in [0.05, 0.1) is 18.4 Å². The summed E-state index contributed by atoms with van der Waals surface area (Å²) in [6.07, 6.45) is 2.58. The molecular formula is C11H19NO2S. The van der Waals surface area contributed by atoms with Crippen LogP contribution in [0.5, 0.6) is 0 Å². The van der Waals surface area contributed by atoms with Crippen LogP contribution in [-0.2, 0) is 12.3 Å². The summed E-state index contributed by atoms with van der Waals surface area (Å²) in [6.45, 7) is 3.27. The predicted octanol–water partition coefficient (Wildman–Crippen LogP) is 2.00. The van der Waals surface area contributed by atoms with Crippen LogP contribution in [0.25, 0.3) is 0 Å². The molecule has 0 aromatic carbocycles. The number of aliphatic hydroxyl groups is 1. The van der Waals surface area contributed by atoms with Gasteiger partial charge in [0, 0.05) is 6.54 Å². The molecule has 1 unspecified atom stereocenters. The lowest BCUT2D eigenvalue weighted by Crippen LogP contribution is -2.25. The average molecular weight is 229 g/mol. The first-order valence-electron chi connectivity index (χ1n) is 5.21. The number of rotatable bonds is 7. The summed E-state index contributed by atoms with van der Waals surface area (Å²) in [5.74, 6) is 2.86. The van der Waals surface area contributed by atoms with Crippen LogP contribution in [0.2, 0.25) is 0 Å². The maximum atomic E-state index is 9.33. The van der Waals surface area contributed by atoms with Crippen molar-refractivity contribution in [1.82, 2.24) is 5.32 Å². The average Bonchev–Trinajstić information content (AvgIpc) is 2.66. The first-order valence-corrected chi connectivity index (χ1v) is 6.61.